The molecule has 0 radical (unpaired) electrons. The SMILES string of the molecule is Clc1cccc(CN(Cc2ccccc2)CC(Br)COc2cccc(Cl)c2)c1. The maximum atomic E-state index is 6.17. The molecule has 0 amide bonds. The predicted octanol–water partition coefficient (Wildman–Crippen LogP) is 6.84. The Morgan fingerprint density at radius 3 is 2.14 bits per heavy atom. The lowest BCUT2D eigenvalue weighted by Gasteiger charge is -2.25. The van der Waals surface area contributed by atoms with Crippen LogP contribution in [0.2, 0.25) is 10.0 Å². The van der Waals surface area contributed by atoms with E-state index in [2.05, 4.69) is 51.2 Å². The second-order valence-electron chi connectivity index (χ2n) is 6.65. The molecule has 0 aliphatic carbocycles. The van der Waals surface area contributed by atoms with Crippen LogP contribution in [0.4, 0.5) is 0 Å². The van der Waals surface area contributed by atoms with Gasteiger partial charge in [-0.05, 0) is 41.5 Å². The van der Waals surface area contributed by atoms with E-state index in [0.29, 0.717) is 11.6 Å². The van der Waals surface area contributed by atoms with Gasteiger partial charge in [0, 0.05) is 29.7 Å². The van der Waals surface area contributed by atoms with Crippen molar-refractivity contribution in [2.24, 2.45) is 0 Å². The molecule has 2 nitrogen and oxygen atoms in total. The van der Waals surface area contributed by atoms with Gasteiger partial charge in [0.2, 0.25) is 0 Å². The molecular formula is C23H22BrCl2NO. The van der Waals surface area contributed by atoms with Gasteiger partial charge >= 0.3 is 0 Å². The van der Waals surface area contributed by atoms with Crippen LogP contribution in [0.5, 0.6) is 5.75 Å². The average molecular weight is 479 g/mol. The minimum absolute atomic E-state index is 0.175. The highest BCUT2D eigenvalue weighted by Gasteiger charge is 2.14. The van der Waals surface area contributed by atoms with Crippen molar-refractivity contribution >= 4 is 39.1 Å². The van der Waals surface area contributed by atoms with E-state index in [0.717, 1.165) is 30.4 Å². The maximum Gasteiger partial charge on any atom is 0.120 e. The first-order valence-corrected chi connectivity index (χ1v) is 10.8. The van der Waals surface area contributed by atoms with Crippen LogP contribution in [-0.4, -0.2) is 22.9 Å². The molecule has 0 aliphatic rings. The zero-order chi connectivity index (χ0) is 19.8. The lowest BCUT2D eigenvalue weighted by molar-refractivity contribution is 0.229. The summed E-state index contributed by atoms with van der Waals surface area (Å²) in [6, 6.07) is 26.0. The Labute approximate surface area is 185 Å². The molecule has 0 saturated heterocycles. The van der Waals surface area contributed by atoms with E-state index in [4.69, 9.17) is 27.9 Å². The first kappa shape index (κ1) is 21.2. The summed E-state index contributed by atoms with van der Waals surface area (Å²) in [5.41, 5.74) is 2.47. The Morgan fingerprint density at radius 1 is 0.786 bits per heavy atom. The number of hydrogen-bond donors (Lipinski definition) is 0. The van der Waals surface area contributed by atoms with Gasteiger partial charge in [-0.25, -0.2) is 0 Å². The van der Waals surface area contributed by atoms with Crippen LogP contribution >= 0.6 is 39.1 Å². The first-order valence-electron chi connectivity index (χ1n) is 9.11. The lowest BCUT2D eigenvalue weighted by atomic mass is 10.1. The molecule has 0 aliphatic heterocycles. The van der Waals surface area contributed by atoms with Gasteiger partial charge in [0.1, 0.15) is 12.4 Å². The minimum atomic E-state index is 0.175. The molecule has 146 valence electrons. The second-order valence-corrected chi connectivity index (χ2v) is 8.82. The van der Waals surface area contributed by atoms with Crippen molar-refractivity contribution in [3.63, 3.8) is 0 Å². The molecule has 1 unspecified atom stereocenters. The van der Waals surface area contributed by atoms with Crippen LogP contribution in [0.15, 0.2) is 78.9 Å². The molecule has 0 saturated carbocycles. The number of nitrogens with zero attached hydrogens (tertiary/aromatic N) is 1. The van der Waals surface area contributed by atoms with Crippen molar-refractivity contribution in [1.29, 1.82) is 0 Å². The summed E-state index contributed by atoms with van der Waals surface area (Å²) >= 11 is 16.0. The molecule has 0 heterocycles. The number of benzene rings is 3. The van der Waals surface area contributed by atoms with Gasteiger partial charge in [0.25, 0.3) is 0 Å². The second kappa shape index (κ2) is 10.9. The molecule has 0 fully saturated rings. The van der Waals surface area contributed by atoms with E-state index in [1.807, 2.05) is 48.5 Å². The number of alkyl halides is 1. The fourth-order valence-electron chi connectivity index (χ4n) is 3.00. The van der Waals surface area contributed by atoms with E-state index in [1.54, 1.807) is 0 Å². The molecule has 0 aromatic heterocycles. The van der Waals surface area contributed by atoms with Crippen molar-refractivity contribution in [2.75, 3.05) is 13.2 Å². The zero-order valence-corrected chi connectivity index (χ0v) is 18.5. The van der Waals surface area contributed by atoms with E-state index in [9.17, 15) is 0 Å². The fourth-order valence-corrected chi connectivity index (χ4v) is 3.93. The van der Waals surface area contributed by atoms with E-state index in [-0.39, 0.29) is 4.83 Å². The number of rotatable bonds is 9. The van der Waals surface area contributed by atoms with Gasteiger partial charge in [-0.3, -0.25) is 4.90 Å². The van der Waals surface area contributed by atoms with Crippen LogP contribution in [0.3, 0.4) is 0 Å². The van der Waals surface area contributed by atoms with Crippen LogP contribution < -0.4 is 4.74 Å². The Balaban J connectivity index is 1.63. The lowest BCUT2D eigenvalue weighted by Crippen LogP contribution is -2.32. The summed E-state index contributed by atoms with van der Waals surface area (Å²) in [5, 5.41) is 1.44. The highest BCUT2D eigenvalue weighted by atomic mass is 79.9. The summed E-state index contributed by atoms with van der Waals surface area (Å²) in [4.78, 5) is 2.57. The molecule has 1 atom stereocenters. The third kappa shape index (κ3) is 7.14. The summed E-state index contributed by atoms with van der Waals surface area (Å²) in [6.45, 7) is 3.06. The molecular weight excluding hydrogens is 457 g/mol. The van der Waals surface area contributed by atoms with Crippen molar-refractivity contribution in [3.05, 3.63) is 100 Å². The summed E-state index contributed by atoms with van der Waals surface area (Å²) < 4.78 is 5.89. The highest BCUT2D eigenvalue weighted by Crippen LogP contribution is 2.19. The van der Waals surface area contributed by atoms with Gasteiger partial charge in [0.05, 0.1) is 4.83 Å². The van der Waals surface area contributed by atoms with Gasteiger partial charge in [-0.2, -0.15) is 0 Å². The molecule has 0 N–H and O–H groups in total. The molecule has 0 bridgehead atoms. The molecule has 3 rings (SSSR count). The van der Waals surface area contributed by atoms with Crippen LogP contribution in [0.1, 0.15) is 11.1 Å². The summed E-state index contributed by atoms with van der Waals surface area (Å²) in [6.07, 6.45) is 0. The standard InChI is InChI=1S/C23H22BrCl2NO/c24-20(17-28-23-11-5-10-22(26)13-23)16-27(14-18-6-2-1-3-7-18)15-19-8-4-9-21(25)12-19/h1-13,20H,14-17H2. The number of hydrogen-bond acceptors (Lipinski definition) is 2. The van der Waals surface area contributed by atoms with Crippen molar-refractivity contribution in [3.8, 4) is 5.75 Å². The Hall–Kier alpha value is -1.52. The Kier molecular flexibility index (Phi) is 8.23. The average Bonchev–Trinajstić information content (AvgIpc) is 2.67. The topological polar surface area (TPSA) is 12.5 Å². The molecule has 3 aromatic carbocycles. The monoisotopic (exact) mass is 477 g/mol. The third-order valence-electron chi connectivity index (χ3n) is 4.23. The van der Waals surface area contributed by atoms with Crippen LogP contribution in [0.25, 0.3) is 0 Å². The van der Waals surface area contributed by atoms with E-state index in [1.165, 1.54) is 11.1 Å². The largest absolute Gasteiger partial charge is 0.492 e. The Morgan fingerprint density at radius 2 is 1.43 bits per heavy atom. The fraction of sp³-hybridized carbons (Fsp3) is 0.217. The molecule has 0 spiro atoms. The third-order valence-corrected chi connectivity index (χ3v) is 5.25. The van der Waals surface area contributed by atoms with Crippen molar-refractivity contribution < 1.29 is 4.74 Å². The number of ether oxygens (including phenoxy) is 1. The van der Waals surface area contributed by atoms with E-state index >= 15 is 0 Å². The van der Waals surface area contributed by atoms with Crippen LogP contribution in [0, 0.1) is 0 Å². The van der Waals surface area contributed by atoms with Crippen molar-refractivity contribution in [1.82, 2.24) is 4.90 Å². The summed E-state index contributed by atoms with van der Waals surface area (Å²) in [7, 11) is 0. The molecule has 5 heteroatoms. The summed E-state index contributed by atoms with van der Waals surface area (Å²) in [5.74, 6) is 0.779. The predicted molar refractivity (Wildman–Crippen MR) is 122 cm³/mol. The van der Waals surface area contributed by atoms with Crippen LogP contribution in [-0.2, 0) is 13.1 Å². The smallest absolute Gasteiger partial charge is 0.120 e. The zero-order valence-electron chi connectivity index (χ0n) is 15.4. The van der Waals surface area contributed by atoms with Gasteiger partial charge in [-0.1, -0.05) is 87.7 Å². The normalized spacial score (nSPS) is 12.1. The minimum Gasteiger partial charge on any atom is -0.492 e. The first-order chi connectivity index (χ1) is 13.6. The molecule has 28 heavy (non-hydrogen) atoms. The highest BCUT2D eigenvalue weighted by molar-refractivity contribution is 9.09. The van der Waals surface area contributed by atoms with Gasteiger partial charge < -0.3 is 4.74 Å². The molecule has 3 aromatic rings. The Bertz CT molecular complexity index is 875. The quantitative estimate of drug-likeness (QED) is 0.312. The van der Waals surface area contributed by atoms with Gasteiger partial charge in [-0.15, -0.1) is 0 Å². The van der Waals surface area contributed by atoms with Crippen molar-refractivity contribution in [2.45, 2.75) is 17.9 Å². The van der Waals surface area contributed by atoms with E-state index < -0.39 is 0 Å². The maximum absolute atomic E-state index is 6.17. The number of halogens is 3. The van der Waals surface area contributed by atoms with Gasteiger partial charge in [0.15, 0.2) is 0 Å².